The smallest absolute Gasteiger partial charge is 0.319 e. The standard InChI is InChI=1S/C10H13FN2O2/c1-3-12-10(14)13-8-5-4-7(11)6-9(8)15-2/h4-6H,3H2,1-2H3,(H2,12,13,14). The molecule has 1 rings (SSSR count). The molecule has 0 saturated carbocycles. The van der Waals surface area contributed by atoms with Crippen LogP contribution >= 0.6 is 0 Å². The van der Waals surface area contributed by atoms with E-state index in [0.717, 1.165) is 0 Å². The van der Waals surface area contributed by atoms with Crippen molar-refractivity contribution in [1.82, 2.24) is 5.32 Å². The highest BCUT2D eigenvalue weighted by molar-refractivity contribution is 5.90. The fraction of sp³-hybridized carbons (Fsp3) is 0.300. The largest absolute Gasteiger partial charge is 0.494 e. The molecule has 0 unspecified atom stereocenters. The van der Waals surface area contributed by atoms with Crippen molar-refractivity contribution < 1.29 is 13.9 Å². The Morgan fingerprint density at radius 1 is 1.53 bits per heavy atom. The number of carbonyl (C=O) groups excluding carboxylic acids is 1. The van der Waals surface area contributed by atoms with Crippen LogP contribution in [0.3, 0.4) is 0 Å². The first kappa shape index (κ1) is 11.3. The summed E-state index contributed by atoms with van der Waals surface area (Å²) in [7, 11) is 1.41. The normalized spacial score (nSPS) is 9.53. The number of urea groups is 1. The van der Waals surface area contributed by atoms with Gasteiger partial charge in [0.25, 0.3) is 0 Å². The zero-order valence-corrected chi connectivity index (χ0v) is 8.63. The van der Waals surface area contributed by atoms with Crippen LogP contribution in [0.4, 0.5) is 14.9 Å². The SMILES string of the molecule is CCNC(=O)Nc1ccc(F)cc1OC. The molecule has 0 radical (unpaired) electrons. The Hall–Kier alpha value is -1.78. The average Bonchev–Trinajstić information content (AvgIpc) is 2.21. The second kappa shape index (κ2) is 5.19. The Kier molecular flexibility index (Phi) is 3.91. The lowest BCUT2D eigenvalue weighted by molar-refractivity contribution is 0.252. The van der Waals surface area contributed by atoms with E-state index in [9.17, 15) is 9.18 Å². The Labute approximate surface area is 87.4 Å². The lowest BCUT2D eigenvalue weighted by Gasteiger charge is -2.10. The van der Waals surface area contributed by atoms with Crippen molar-refractivity contribution in [2.75, 3.05) is 19.0 Å². The van der Waals surface area contributed by atoms with Gasteiger partial charge in [0.2, 0.25) is 0 Å². The van der Waals surface area contributed by atoms with Gasteiger partial charge in [-0.05, 0) is 19.1 Å². The molecule has 82 valence electrons. The Morgan fingerprint density at radius 3 is 2.87 bits per heavy atom. The summed E-state index contributed by atoms with van der Waals surface area (Å²) in [5.41, 5.74) is 0.435. The first-order chi connectivity index (χ1) is 7.17. The molecule has 0 fully saturated rings. The Bertz CT molecular complexity index is 355. The summed E-state index contributed by atoms with van der Waals surface area (Å²) in [4.78, 5) is 11.2. The number of halogens is 1. The van der Waals surface area contributed by atoms with Crippen LogP contribution in [-0.2, 0) is 0 Å². The third-order valence-electron chi connectivity index (χ3n) is 1.75. The summed E-state index contributed by atoms with van der Waals surface area (Å²) < 4.78 is 17.7. The van der Waals surface area contributed by atoms with Crippen LogP contribution in [0, 0.1) is 5.82 Å². The Balaban J connectivity index is 2.80. The summed E-state index contributed by atoms with van der Waals surface area (Å²) in [5, 5.41) is 5.11. The number of anilines is 1. The summed E-state index contributed by atoms with van der Waals surface area (Å²) in [6.07, 6.45) is 0. The van der Waals surface area contributed by atoms with E-state index >= 15 is 0 Å². The minimum atomic E-state index is -0.409. The number of rotatable bonds is 3. The number of nitrogens with one attached hydrogen (secondary N) is 2. The first-order valence-corrected chi connectivity index (χ1v) is 4.55. The number of hydrogen-bond donors (Lipinski definition) is 2. The van der Waals surface area contributed by atoms with Crippen LogP contribution in [-0.4, -0.2) is 19.7 Å². The minimum Gasteiger partial charge on any atom is -0.494 e. The lowest BCUT2D eigenvalue weighted by atomic mass is 10.3. The molecule has 5 heteroatoms. The predicted octanol–water partition coefficient (Wildman–Crippen LogP) is 1.98. The summed E-state index contributed by atoms with van der Waals surface area (Å²) >= 11 is 0. The highest BCUT2D eigenvalue weighted by Gasteiger charge is 2.07. The maximum Gasteiger partial charge on any atom is 0.319 e. The zero-order chi connectivity index (χ0) is 11.3. The third-order valence-corrected chi connectivity index (χ3v) is 1.75. The van der Waals surface area contributed by atoms with Crippen molar-refractivity contribution in [1.29, 1.82) is 0 Å². The molecule has 0 aliphatic rings. The average molecular weight is 212 g/mol. The molecule has 0 spiro atoms. The number of amides is 2. The lowest BCUT2D eigenvalue weighted by Crippen LogP contribution is -2.28. The second-order valence-corrected chi connectivity index (χ2v) is 2.83. The van der Waals surface area contributed by atoms with Gasteiger partial charge in [0.1, 0.15) is 11.6 Å². The number of ether oxygens (including phenoxy) is 1. The van der Waals surface area contributed by atoms with Crippen LogP contribution in [0.1, 0.15) is 6.92 Å². The van der Waals surface area contributed by atoms with Crippen molar-refractivity contribution in [2.45, 2.75) is 6.92 Å². The van der Waals surface area contributed by atoms with Gasteiger partial charge in [-0.25, -0.2) is 9.18 Å². The molecule has 0 aromatic heterocycles. The molecule has 2 N–H and O–H groups in total. The predicted molar refractivity (Wildman–Crippen MR) is 55.6 cm³/mol. The van der Waals surface area contributed by atoms with Crippen LogP contribution in [0.15, 0.2) is 18.2 Å². The minimum absolute atomic E-state index is 0.293. The number of hydrogen-bond acceptors (Lipinski definition) is 2. The van der Waals surface area contributed by atoms with Crippen molar-refractivity contribution in [3.05, 3.63) is 24.0 Å². The number of methoxy groups -OCH3 is 1. The first-order valence-electron chi connectivity index (χ1n) is 4.55. The summed E-state index contributed by atoms with van der Waals surface area (Å²) in [6, 6.07) is 3.57. The molecule has 0 atom stereocenters. The third kappa shape index (κ3) is 3.12. The van der Waals surface area contributed by atoms with E-state index < -0.39 is 5.82 Å². The molecule has 1 aromatic rings. The maximum absolute atomic E-state index is 12.8. The topological polar surface area (TPSA) is 50.4 Å². The van der Waals surface area contributed by atoms with Gasteiger partial charge >= 0.3 is 6.03 Å². The van der Waals surface area contributed by atoms with E-state index in [0.29, 0.717) is 18.0 Å². The van der Waals surface area contributed by atoms with Crippen molar-refractivity contribution >= 4 is 11.7 Å². The molecule has 2 amide bonds. The van der Waals surface area contributed by atoms with Crippen molar-refractivity contribution in [2.24, 2.45) is 0 Å². The zero-order valence-electron chi connectivity index (χ0n) is 8.63. The summed E-state index contributed by atoms with van der Waals surface area (Å²) in [5.74, 6) is -0.116. The second-order valence-electron chi connectivity index (χ2n) is 2.83. The molecular formula is C10H13FN2O2. The highest BCUT2D eigenvalue weighted by Crippen LogP contribution is 2.24. The van der Waals surface area contributed by atoms with Gasteiger partial charge in [0.15, 0.2) is 0 Å². The molecule has 1 aromatic carbocycles. The maximum atomic E-state index is 12.8. The van der Waals surface area contributed by atoms with E-state index in [-0.39, 0.29) is 6.03 Å². The molecule has 0 aliphatic carbocycles. The monoisotopic (exact) mass is 212 g/mol. The van der Waals surface area contributed by atoms with Crippen LogP contribution in [0.2, 0.25) is 0 Å². The van der Waals surface area contributed by atoms with Gasteiger partial charge in [-0.15, -0.1) is 0 Å². The van der Waals surface area contributed by atoms with Crippen molar-refractivity contribution in [3.63, 3.8) is 0 Å². The van der Waals surface area contributed by atoms with Gasteiger partial charge in [-0.2, -0.15) is 0 Å². The number of benzene rings is 1. The van der Waals surface area contributed by atoms with E-state index in [1.54, 1.807) is 0 Å². The molecule has 0 bridgehead atoms. The van der Waals surface area contributed by atoms with Crippen LogP contribution in [0.25, 0.3) is 0 Å². The van der Waals surface area contributed by atoms with Crippen molar-refractivity contribution in [3.8, 4) is 5.75 Å². The van der Waals surface area contributed by atoms with E-state index in [1.165, 1.54) is 25.3 Å². The molecular weight excluding hydrogens is 199 g/mol. The Morgan fingerprint density at radius 2 is 2.27 bits per heavy atom. The van der Waals surface area contributed by atoms with Crippen LogP contribution in [0.5, 0.6) is 5.75 Å². The van der Waals surface area contributed by atoms with Gasteiger partial charge in [-0.3, -0.25) is 0 Å². The molecule has 0 saturated heterocycles. The number of carbonyl (C=O) groups is 1. The van der Waals surface area contributed by atoms with E-state index in [2.05, 4.69) is 10.6 Å². The van der Waals surface area contributed by atoms with Gasteiger partial charge < -0.3 is 15.4 Å². The molecule has 0 aliphatic heterocycles. The van der Waals surface area contributed by atoms with Crippen LogP contribution < -0.4 is 15.4 Å². The molecule has 4 nitrogen and oxygen atoms in total. The highest BCUT2D eigenvalue weighted by atomic mass is 19.1. The molecule has 15 heavy (non-hydrogen) atoms. The van der Waals surface area contributed by atoms with E-state index in [4.69, 9.17) is 4.74 Å². The fourth-order valence-electron chi connectivity index (χ4n) is 1.10. The fourth-order valence-corrected chi connectivity index (χ4v) is 1.10. The van der Waals surface area contributed by atoms with Gasteiger partial charge in [0.05, 0.1) is 12.8 Å². The van der Waals surface area contributed by atoms with Gasteiger partial charge in [-0.1, -0.05) is 0 Å². The van der Waals surface area contributed by atoms with E-state index in [1.807, 2.05) is 6.92 Å². The quantitative estimate of drug-likeness (QED) is 0.804. The van der Waals surface area contributed by atoms with Gasteiger partial charge in [0, 0.05) is 12.6 Å². The molecule has 0 heterocycles. The summed E-state index contributed by atoms with van der Waals surface area (Å²) in [6.45, 7) is 2.33.